The van der Waals surface area contributed by atoms with Crippen LogP contribution in [0.1, 0.15) is 32.2 Å². The van der Waals surface area contributed by atoms with Gasteiger partial charge >= 0.3 is 5.97 Å². The third-order valence-electron chi connectivity index (χ3n) is 3.31. The zero-order valence-corrected chi connectivity index (χ0v) is 13.4. The molecule has 0 amide bonds. The lowest BCUT2D eigenvalue weighted by atomic mass is 10.2. The number of thiophene rings is 1. The molecule has 1 heterocycles. The minimum Gasteiger partial charge on any atom is -0.465 e. The van der Waals surface area contributed by atoms with Gasteiger partial charge in [-0.1, -0.05) is 29.8 Å². The molecule has 22 heavy (non-hydrogen) atoms. The van der Waals surface area contributed by atoms with Crippen LogP contribution in [-0.2, 0) is 4.74 Å². The lowest BCUT2D eigenvalue weighted by molar-refractivity contribution is 0.0603. The Morgan fingerprint density at radius 3 is 2.45 bits per heavy atom. The first-order chi connectivity index (χ1) is 10.6. The van der Waals surface area contributed by atoms with E-state index >= 15 is 0 Å². The van der Waals surface area contributed by atoms with Gasteiger partial charge in [0.25, 0.3) is 0 Å². The Morgan fingerprint density at radius 1 is 1.18 bits per heavy atom. The highest BCUT2D eigenvalue weighted by atomic mass is 35.5. The number of esters is 1. The molecule has 6 heteroatoms. The normalized spacial score (nSPS) is 13.7. The summed E-state index contributed by atoms with van der Waals surface area (Å²) in [5.74, 6) is 0.161. The maximum Gasteiger partial charge on any atom is 0.351 e. The van der Waals surface area contributed by atoms with Crippen molar-refractivity contribution in [1.82, 2.24) is 0 Å². The fourth-order valence-corrected chi connectivity index (χ4v) is 3.46. The Hall–Kier alpha value is -1.85. The highest BCUT2D eigenvalue weighted by Crippen LogP contribution is 2.45. The van der Waals surface area contributed by atoms with Crippen LogP contribution in [-0.4, -0.2) is 18.9 Å². The van der Waals surface area contributed by atoms with E-state index in [0.717, 1.165) is 24.2 Å². The second kappa shape index (κ2) is 6.10. The van der Waals surface area contributed by atoms with E-state index < -0.39 is 5.97 Å². The molecule has 0 N–H and O–H groups in total. The molecule has 1 saturated carbocycles. The number of rotatable bonds is 5. The number of ether oxygens (including phenoxy) is 2. The van der Waals surface area contributed by atoms with Gasteiger partial charge in [0, 0.05) is 5.92 Å². The Kier molecular flexibility index (Phi) is 4.18. The van der Waals surface area contributed by atoms with Gasteiger partial charge in [-0.2, -0.15) is 0 Å². The molecule has 2 aromatic rings. The molecule has 3 rings (SSSR count). The van der Waals surface area contributed by atoms with Crippen molar-refractivity contribution in [1.29, 1.82) is 0 Å². The highest BCUT2D eigenvalue weighted by molar-refractivity contribution is 7.17. The van der Waals surface area contributed by atoms with Crippen LogP contribution in [0.15, 0.2) is 30.3 Å². The van der Waals surface area contributed by atoms with Crippen LogP contribution in [0.5, 0.6) is 11.5 Å². The van der Waals surface area contributed by atoms with Crippen molar-refractivity contribution in [2.45, 2.75) is 12.8 Å². The molecule has 0 unspecified atom stereocenters. The standard InChI is InChI=1S/C16H13ClO4S/c1-20-16(19)15-13(21-10-5-3-2-4-6-10)11(17)14(22-15)12(18)9-7-8-9/h2-6,9H,7-8H2,1H3. The fourth-order valence-electron chi connectivity index (χ4n) is 2.01. The van der Waals surface area contributed by atoms with Gasteiger partial charge < -0.3 is 9.47 Å². The average Bonchev–Trinajstić information content (AvgIpc) is 3.34. The third-order valence-corrected chi connectivity index (χ3v) is 4.95. The van der Waals surface area contributed by atoms with Gasteiger partial charge in [-0.15, -0.1) is 11.3 Å². The Bertz CT molecular complexity index is 719. The topological polar surface area (TPSA) is 52.6 Å². The molecule has 1 aliphatic rings. The van der Waals surface area contributed by atoms with Crippen molar-refractivity contribution < 1.29 is 19.1 Å². The zero-order valence-electron chi connectivity index (χ0n) is 11.8. The number of methoxy groups -OCH3 is 1. The third kappa shape index (κ3) is 2.87. The number of Topliss-reactive ketones (excluding diaryl/α,β-unsaturated/α-hetero) is 1. The minimum atomic E-state index is -0.562. The van der Waals surface area contributed by atoms with Crippen molar-refractivity contribution in [2.75, 3.05) is 7.11 Å². The maximum atomic E-state index is 12.3. The largest absolute Gasteiger partial charge is 0.465 e. The summed E-state index contributed by atoms with van der Waals surface area (Å²) in [4.78, 5) is 24.8. The van der Waals surface area contributed by atoms with E-state index in [0.29, 0.717) is 10.6 Å². The van der Waals surface area contributed by atoms with Gasteiger partial charge in [-0.25, -0.2) is 4.79 Å². The molecule has 114 valence electrons. The van der Waals surface area contributed by atoms with E-state index in [1.807, 2.05) is 18.2 Å². The number of carbonyl (C=O) groups is 2. The second-order valence-electron chi connectivity index (χ2n) is 4.95. The first-order valence-corrected chi connectivity index (χ1v) is 7.99. The summed E-state index contributed by atoms with van der Waals surface area (Å²) in [6.45, 7) is 0. The van der Waals surface area contributed by atoms with Crippen LogP contribution in [0.3, 0.4) is 0 Å². The number of carbonyl (C=O) groups excluding carboxylic acids is 2. The molecule has 0 atom stereocenters. The SMILES string of the molecule is COC(=O)c1sc(C(=O)C2CC2)c(Cl)c1Oc1ccccc1. The quantitative estimate of drug-likeness (QED) is 0.592. The van der Waals surface area contributed by atoms with Gasteiger partial charge in [-0.05, 0) is 25.0 Å². The van der Waals surface area contributed by atoms with Crippen LogP contribution in [0, 0.1) is 5.92 Å². The van der Waals surface area contributed by atoms with Crippen molar-refractivity contribution in [2.24, 2.45) is 5.92 Å². The van der Waals surface area contributed by atoms with Crippen LogP contribution < -0.4 is 4.74 Å². The molecule has 0 radical (unpaired) electrons. The highest BCUT2D eigenvalue weighted by Gasteiger charge is 2.36. The minimum absolute atomic E-state index is 0.0197. The maximum absolute atomic E-state index is 12.3. The van der Waals surface area contributed by atoms with Crippen molar-refractivity contribution in [3.8, 4) is 11.5 Å². The summed E-state index contributed by atoms with van der Waals surface area (Å²) in [6, 6.07) is 8.97. The average molecular weight is 337 g/mol. The summed E-state index contributed by atoms with van der Waals surface area (Å²) in [5, 5.41) is 0.186. The molecule has 1 aromatic carbocycles. The smallest absolute Gasteiger partial charge is 0.351 e. The van der Waals surface area contributed by atoms with E-state index in [9.17, 15) is 9.59 Å². The number of benzene rings is 1. The molecule has 0 saturated heterocycles. The van der Waals surface area contributed by atoms with Crippen LogP contribution >= 0.6 is 22.9 Å². The molecule has 1 fully saturated rings. The lowest BCUT2D eigenvalue weighted by Crippen LogP contribution is -2.00. The molecule has 4 nitrogen and oxygen atoms in total. The van der Waals surface area contributed by atoms with E-state index in [1.54, 1.807) is 12.1 Å². The monoisotopic (exact) mass is 336 g/mol. The first-order valence-electron chi connectivity index (χ1n) is 6.79. The van der Waals surface area contributed by atoms with Gasteiger partial charge in [0.05, 0.1) is 12.0 Å². The summed E-state index contributed by atoms with van der Waals surface area (Å²) < 4.78 is 10.5. The van der Waals surface area contributed by atoms with Crippen LogP contribution in [0.2, 0.25) is 5.02 Å². The van der Waals surface area contributed by atoms with Crippen molar-refractivity contribution in [3.05, 3.63) is 45.1 Å². The predicted octanol–water partition coefficient (Wildman–Crippen LogP) is 4.57. The predicted molar refractivity (Wildman–Crippen MR) is 84.2 cm³/mol. The number of hydrogen-bond donors (Lipinski definition) is 0. The number of halogens is 1. The zero-order chi connectivity index (χ0) is 15.7. The molecule has 0 spiro atoms. The number of ketones is 1. The lowest BCUT2D eigenvalue weighted by Gasteiger charge is -2.06. The Labute approximate surface area is 136 Å². The molecular weight excluding hydrogens is 324 g/mol. The molecule has 1 aliphatic carbocycles. The molecular formula is C16H13ClO4S. The van der Waals surface area contributed by atoms with Crippen molar-refractivity contribution >= 4 is 34.7 Å². The van der Waals surface area contributed by atoms with E-state index in [2.05, 4.69) is 0 Å². The summed E-state index contributed by atoms with van der Waals surface area (Å²) in [5.41, 5.74) is 0. The second-order valence-corrected chi connectivity index (χ2v) is 6.35. The summed E-state index contributed by atoms with van der Waals surface area (Å²) >= 11 is 7.34. The Balaban J connectivity index is 2.02. The number of para-hydroxylation sites is 1. The van der Waals surface area contributed by atoms with E-state index in [4.69, 9.17) is 21.1 Å². The van der Waals surface area contributed by atoms with E-state index in [1.165, 1.54) is 7.11 Å². The number of hydrogen-bond acceptors (Lipinski definition) is 5. The van der Waals surface area contributed by atoms with Crippen molar-refractivity contribution in [3.63, 3.8) is 0 Å². The van der Waals surface area contributed by atoms with Crippen LogP contribution in [0.4, 0.5) is 0 Å². The molecule has 1 aromatic heterocycles. The van der Waals surface area contributed by atoms with Gasteiger partial charge in [-0.3, -0.25) is 4.79 Å². The summed E-state index contributed by atoms with van der Waals surface area (Å²) in [6.07, 6.45) is 1.74. The summed E-state index contributed by atoms with van der Waals surface area (Å²) in [7, 11) is 1.28. The van der Waals surface area contributed by atoms with E-state index in [-0.39, 0.29) is 27.4 Å². The van der Waals surface area contributed by atoms with Gasteiger partial charge in [0.15, 0.2) is 16.4 Å². The first kappa shape index (κ1) is 15.1. The van der Waals surface area contributed by atoms with Gasteiger partial charge in [0.2, 0.25) is 0 Å². The Morgan fingerprint density at radius 2 is 1.86 bits per heavy atom. The molecule has 0 aliphatic heterocycles. The van der Waals surface area contributed by atoms with Crippen LogP contribution in [0.25, 0.3) is 0 Å². The fraction of sp³-hybridized carbons (Fsp3) is 0.250. The van der Waals surface area contributed by atoms with Gasteiger partial charge in [0.1, 0.15) is 10.8 Å². The molecule has 0 bridgehead atoms.